The van der Waals surface area contributed by atoms with Crippen LogP contribution >= 0.6 is 0 Å². The highest BCUT2D eigenvalue weighted by molar-refractivity contribution is 5.78. The van der Waals surface area contributed by atoms with Gasteiger partial charge in [0.25, 0.3) is 0 Å². The van der Waals surface area contributed by atoms with Crippen LogP contribution in [0.15, 0.2) is 25.0 Å². The van der Waals surface area contributed by atoms with E-state index in [-0.39, 0.29) is 5.91 Å². The van der Waals surface area contributed by atoms with Crippen molar-refractivity contribution >= 4 is 5.91 Å². The van der Waals surface area contributed by atoms with Gasteiger partial charge in [-0.25, -0.2) is 4.98 Å². The number of aryl methyl sites for hydroxylation is 2. The van der Waals surface area contributed by atoms with Crippen molar-refractivity contribution in [1.82, 2.24) is 19.8 Å². The molecule has 0 saturated carbocycles. The molecule has 1 aromatic heterocycles. The minimum atomic E-state index is 0.0978. The van der Waals surface area contributed by atoms with E-state index in [9.17, 15) is 4.79 Å². The Labute approximate surface area is 127 Å². The number of hydrogen-bond donors (Lipinski definition) is 1. The van der Waals surface area contributed by atoms with Gasteiger partial charge in [0.15, 0.2) is 0 Å². The topological polar surface area (TPSA) is 50.2 Å². The van der Waals surface area contributed by atoms with Gasteiger partial charge in [0.05, 0.1) is 6.54 Å². The molecule has 0 radical (unpaired) electrons. The number of aromatic nitrogens is 2. The van der Waals surface area contributed by atoms with E-state index in [4.69, 9.17) is 0 Å². The lowest BCUT2D eigenvalue weighted by molar-refractivity contribution is -0.123. The molecule has 1 unspecified atom stereocenters. The van der Waals surface area contributed by atoms with Crippen LogP contribution in [0.25, 0.3) is 0 Å². The zero-order chi connectivity index (χ0) is 15.1. The molecular weight excluding hydrogens is 264 g/mol. The zero-order valence-corrected chi connectivity index (χ0v) is 12.9. The van der Waals surface area contributed by atoms with E-state index in [1.54, 1.807) is 6.08 Å². The van der Waals surface area contributed by atoms with Gasteiger partial charge < -0.3 is 9.88 Å². The Morgan fingerprint density at radius 3 is 3.14 bits per heavy atom. The van der Waals surface area contributed by atoms with Gasteiger partial charge in [-0.1, -0.05) is 12.5 Å². The Kier molecular flexibility index (Phi) is 5.99. The summed E-state index contributed by atoms with van der Waals surface area (Å²) in [6.07, 6.45) is 10.3. The van der Waals surface area contributed by atoms with Crippen LogP contribution in [0.5, 0.6) is 0 Å². The van der Waals surface area contributed by atoms with E-state index in [0.717, 1.165) is 25.3 Å². The van der Waals surface area contributed by atoms with Crippen molar-refractivity contribution in [3.8, 4) is 0 Å². The molecule has 0 aliphatic carbocycles. The first-order valence-corrected chi connectivity index (χ1v) is 7.80. The van der Waals surface area contributed by atoms with Crippen LogP contribution in [-0.2, 0) is 11.3 Å². The van der Waals surface area contributed by atoms with Gasteiger partial charge in [-0.15, -0.1) is 6.58 Å². The molecule has 0 spiro atoms. The quantitative estimate of drug-likeness (QED) is 0.778. The maximum Gasteiger partial charge on any atom is 0.234 e. The lowest BCUT2D eigenvalue weighted by atomic mass is 9.99. The molecule has 1 atom stereocenters. The molecule has 0 aromatic carbocycles. The number of rotatable bonds is 7. The fourth-order valence-corrected chi connectivity index (χ4v) is 2.95. The fraction of sp³-hybridized carbons (Fsp3) is 0.625. The smallest absolute Gasteiger partial charge is 0.234 e. The van der Waals surface area contributed by atoms with E-state index in [1.807, 2.05) is 19.3 Å². The van der Waals surface area contributed by atoms with E-state index in [0.29, 0.717) is 19.1 Å². The lowest BCUT2D eigenvalue weighted by Gasteiger charge is -2.35. The third kappa shape index (κ3) is 4.70. The molecule has 1 N–H and O–H groups in total. The van der Waals surface area contributed by atoms with Crippen molar-refractivity contribution in [2.75, 3.05) is 19.6 Å². The molecule has 5 heteroatoms. The van der Waals surface area contributed by atoms with Crippen LogP contribution in [0.2, 0.25) is 0 Å². The summed E-state index contributed by atoms with van der Waals surface area (Å²) in [6, 6.07) is 0.495. The number of carbonyl (C=O) groups excluding carboxylic acids is 1. The Bertz CT molecular complexity index is 469. The maximum atomic E-state index is 11.9. The number of nitrogens with zero attached hydrogens (tertiary/aromatic N) is 3. The molecule has 21 heavy (non-hydrogen) atoms. The number of amides is 1. The van der Waals surface area contributed by atoms with Crippen molar-refractivity contribution in [2.45, 2.75) is 45.2 Å². The average molecular weight is 290 g/mol. The van der Waals surface area contributed by atoms with Gasteiger partial charge in [-0.05, 0) is 32.7 Å². The summed E-state index contributed by atoms with van der Waals surface area (Å²) in [5.74, 6) is 1.15. The average Bonchev–Trinajstić information content (AvgIpc) is 2.89. The minimum absolute atomic E-state index is 0.0978. The Morgan fingerprint density at radius 1 is 1.57 bits per heavy atom. The van der Waals surface area contributed by atoms with Gasteiger partial charge in [-0.3, -0.25) is 9.69 Å². The highest BCUT2D eigenvalue weighted by Gasteiger charge is 2.23. The van der Waals surface area contributed by atoms with E-state index < -0.39 is 0 Å². The molecule has 1 aliphatic rings. The first-order valence-electron chi connectivity index (χ1n) is 7.80. The van der Waals surface area contributed by atoms with E-state index in [1.165, 1.54) is 19.3 Å². The largest absolute Gasteiger partial charge is 0.352 e. The number of piperidine rings is 1. The van der Waals surface area contributed by atoms with E-state index in [2.05, 4.69) is 26.3 Å². The normalized spacial score (nSPS) is 19.4. The molecular formula is C16H26N4O. The van der Waals surface area contributed by atoms with E-state index >= 15 is 0 Å². The predicted molar refractivity (Wildman–Crippen MR) is 84.0 cm³/mol. The van der Waals surface area contributed by atoms with Crippen molar-refractivity contribution in [1.29, 1.82) is 0 Å². The van der Waals surface area contributed by atoms with Gasteiger partial charge in [-0.2, -0.15) is 0 Å². The molecule has 1 amide bonds. The number of carbonyl (C=O) groups is 1. The van der Waals surface area contributed by atoms with Crippen LogP contribution in [0.1, 0.15) is 31.5 Å². The Morgan fingerprint density at radius 2 is 2.43 bits per heavy atom. The first kappa shape index (κ1) is 15.8. The Hall–Kier alpha value is -1.62. The summed E-state index contributed by atoms with van der Waals surface area (Å²) in [5, 5.41) is 2.87. The molecule has 2 rings (SSSR count). The first-order chi connectivity index (χ1) is 10.2. The SMILES string of the molecule is C=CCNC(=O)CN1CCCCC1CCn1ccnc1C. The molecule has 1 fully saturated rings. The third-order valence-electron chi connectivity index (χ3n) is 4.17. The summed E-state index contributed by atoms with van der Waals surface area (Å²) in [7, 11) is 0. The molecule has 5 nitrogen and oxygen atoms in total. The minimum Gasteiger partial charge on any atom is -0.352 e. The third-order valence-corrected chi connectivity index (χ3v) is 4.17. The molecule has 1 aliphatic heterocycles. The summed E-state index contributed by atoms with van der Waals surface area (Å²) in [6.45, 7) is 8.70. The predicted octanol–water partition coefficient (Wildman–Crippen LogP) is 1.74. The van der Waals surface area contributed by atoms with Gasteiger partial charge in [0.2, 0.25) is 5.91 Å². The highest BCUT2D eigenvalue weighted by atomic mass is 16.2. The number of hydrogen-bond acceptors (Lipinski definition) is 3. The standard InChI is InChI=1S/C16H26N4O/c1-3-8-18-16(21)13-20-10-5-4-6-15(20)7-11-19-12-9-17-14(19)2/h3,9,12,15H,1,4-8,10-11,13H2,2H3,(H,18,21). The number of imidazole rings is 1. The summed E-state index contributed by atoms with van der Waals surface area (Å²) in [4.78, 5) is 18.5. The molecule has 1 aromatic rings. The fourth-order valence-electron chi connectivity index (χ4n) is 2.95. The van der Waals surface area contributed by atoms with Crippen LogP contribution in [0.3, 0.4) is 0 Å². The van der Waals surface area contributed by atoms with Crippen LogP contribution in [0, 0.1) is 6.92 Å². The summed E-state index contributed by atoms with van der Waals surface area (Å²) < 4.78 is 2.19. The molecule has 0 bridgehead atoms. The van der Waals surface area contributed by atoms with Gasteiger partial charge >= 0.3 is 0 Å². The Balaban J connectivity index is 1.85. The molecule has 1 saturated heterocycles. The van der Waals surface area contributed by atoms with Crippen LogP contribution < -0.4 is 5.32 Å². The summed E-state index contributed by atoms with van der Waals surface area (Å²) >= 11 is 0. The number of likely N-dealkylation sites (tertiary alicyclic amines) is 1. The molecule has 116 valence electrons. The number of nitrogens with one attached hydrogen (secondary N) is 1. The second-order valence-corrected chi connectivity index (χ2v) is 5.67. The van der Waals surface area contributed by atoms with Crippen LogP contribution in [0.4, 0.5) is 0 Å². The second-order valence-electron chi connectivity index (χ2n) is 5.67. The second kappa shape index (κ2) is 7.98. The van der Waals surface area contributed by atoms with Gasteiger partial charge in [0.1, 0.15) is 5.82 Å². The molecule has 2 heterocycles. The maximum absolute atomic E-state index is 11.9. The zero-order valence-electron chi connectivity index (χ0n) is 12.9. The van der Waals surface area contributed by atoms with Crippen LogP contribution in [-0.4, -0.2) is 46.0 Å². The van der Waals surface area contributed by atoms with Crippen molar-refractivity contribution in [3.63, 3.8) is 0 Å². The van der Waals surface area contributed by atoms with Crippen molar-refractivity contribution in [2.24, 2.45) is 0 Å². The van der Waals surface area contributed by atoms with Gasteiger partial charge in [0, 0.05) is 31.5 Å². The lowest BCUT2D eigenvalue weighted by Crippen LogP contribution is -2.46. The van der Waals surface area contributed by atoms with Crippen molar-refractivity contribution in [3.05, 3.63) is 30.9 Å². The highest BCUT2D eigenvalue weighted by Crippen LogP contribution is 2.20. The monoisotopic (exact) mass is 290 g/mol. The summed E-state index contributed by atoms with van der Waals surface area (Å²) in [5.41, 5.74) is 0. The van der Waals surface area contributed by atoms with Crippen molar-refractivity contribution < 1.29 is 4.79 Å².